The predicted octanol–water partition coefficient (Wildman–Crippen LogP) is 0.859. The van der Waals surface area contributed by atoms with Gasteiger partial charge in [-0.05, 0) is 24.5 Å². The lowest BCUT2D eigenvalue weighted by Gasteiger charge is -2.33. The van der Waals surface area contributed by atoms with Crippen LogP contribution >= 0.6 is 0 Å². The Hall–Kier alpha value is -1.70. The average Bonchev–Trinajstić information content (AvgIpc) is 2.53. The third kappa shape index (κ3) is 4.40. The number of sulfonamides is 1. The minimum Gasteiger partial charge on any atom is -0.381 e. The number of benzene rings is 1. The molecule has 0 bridgehead atoms. The highest BCUT2D eigenvalue weighted by atomic mass is 32.2. The zero-order chi connectivity index (χ0) is 16.1. The molecule has 1 fully saturated rings. The number of primary amides is 1. The van der Waals surface area contributed by atoms with Gasteiger partial charge in [0.2, 0.25) is 15.9 Å². The van der Waals surface area contributed by atoms with E-state index in [4.69, 9.17) is 10.5 Å². The molecule has 0 aromatic heterocycles. The number of hydrogen-bond acceptors (Lipinski definition) is 4. The van der Waals surface area contributed by atoms with E-state index >= 15 is 0 Å². The van der Waals surface area contributed by atoms with Gasteiger partial charge in [-0.3, -0.25) is 4.79 Å². The number of ether oxygens (including phenoxy) is 1. The van der Waals surface area contributed by atoms with Crippen molar-refractivity contribution in [1.29, 1.82) is 0 Å². The molecule has 6 nitrogen and oxygen atoms in total. The van der Waals surface area contributed by atoms with Crippen LogP contribution in [0.2, 0.25) is 0 Å². The fourth-order valence-corrected chi connectivity index (χ4v) is 3.20. The van der Waals surface area contributed by atoms with Crippen molar-refractivity contribution < 1.29 is 17.9 Å². The monoisotopic (exact) mass is 324 g/mol. The van der Waals surface area contributed by atoms with Crippen molar-refractivity contribution in [3.8, 4) is 0 Å². The highest BCUT2D eigenvalue weighted by Gasteiger charge is 2.39. The third-order valence-corrected chi connectivity index (χ3v) is 4.86. The second-order valence-electron chi connectivity index (χ2n) is 5.34. The molecule has 1 aliphatic heterocycles. The van der Waals surface area contributed by atoms with Crippen LogP contribution in [-0.4, -0.2) is 34.1 Å². The van der Waals surface area contributed by atoms with Crippen LogP contribution in [0, 0.1) is 5.41 Å². The summed E-state index contributed by atoms with van der Waals surface area (Å²) < 4.78 is 31.7. The molecule has 7 heteroatoms. The van der Waals surface area contributed by atoms with Crippen molar-refractivity contribution in [1.82, 2.24) is 4.72 Å². The van der Waals surface area contributed by atoms with Crippen LogP contribution in [0.15, 0.2) is 35.7 Å². The van der Waals surface area contributed by atoms with Crippen molar-refractivity contribution in [2.75, 3.05) is 19.8 Å². The summed E-state index contributed by atoms with van der Waals surface area (Å²) in [7, 11) is -3.63. The molecule has 1 aromatic carbocycles. The van der Waals surface area contributed by atoms with Gasteiger partial charge in [-0.1, -0.05) is 30.3 Å². The van der Waals surface area contributed by atoms with Gasteiger partial charge in [-0.2, -0.15) is 0 Å². The number of rotatable bonds is 6. The molecule has 0 aliphatic carbocycles. The maximum atomic E-state index is 12.0. The van der Waals surface area contributed by atoms with Crippen molar-refractivity contribution >= 4 is 22.0 Å². The molecule has 0 unspecified atom stereocenters. The second kappa shape index (κ2) is 7.04. The highest BCUT2D eigenvalue weighted by molar-refractivity contribution is 7.92. The molecule has 3 N–H and O–H groups in total. The molecule has 1 saturated heterocycles. The zero-order valence-corrected chi connectivity index (χ0v) is 13.0. The molecule has 0 spiro atoms. The first-order chi connectivity index (χ1) is 10.4. The Morgan fingerprint density at radius 1 is 1.27 bits per heavy atom. The van der Waals surface area contributed by atoms with Crippen molar-refractivity contribution in [3.05, 3.63) is 41.3 Å². The molecular weight excluding hydrogens is 304 g/mol. The Morgan fingerprint density at radius 2 is 1.91 bits per heavy atom. The summed E-state index contributed by atoms with van der Waals surface area (Å²) in [5, 5.41) is 1.09. The van der Waals surface area contributed by atoms with Crippen LogP contribution in [0.4, 0.5) is 0 Å². The van der Waals surface area contributed by atoms with Crippen molar-refractivity contribution in [2.45, 2.75) is 12.8 Å². The van der Waals surface area contributed by atoms with E-state index in [1.54, 1.807) is 12.1 Å². The summed E-state index contributed by atoms with van der Waals surface area (Å²) in [6.07, 6.45) is 2.35. The molecule has 0 radical (unpaired) electrons. The van der Waals surface area contributed by atoms with Crippen LogP contribution in [-0.2, 0) is 19.6 Å². The van der Waals surface area contributed by atoms with E-state index in [1.165, 1.54) is 6.08 Å². The largest absolute Gasteiger partial charge is 0.381 e. The molecular formula is C15H20N2O4S. The van der Waals surface area contributed by atoms with E-state index < -0.39 is 21.3 Å². The first-order valence-electron chi connectivity index (χ1n) is 7.04. The number of nitrogens with two attached hydrogens (primary N) is 1. The summed E-state index contributed by atoms with van der Waals surface area (Å²) in [5.74, 6) is -0.495. The minimum absolute atomic E-state index is 0.00679. The van der Waals surface area contributed by atoms with Gasteiger partial charge < -0.3 is 10.5 Å². The van der Waals surface area contributed by atoms with E-state index in [0.29, 0.717) is 26.1 Å². The topological polar surface area (TPSA) is 98.5 Å². The summed E-state index contributed by atoms with van der Waals surface area (Å²) in [5.41, 5.74) is 5.36. The maximum Gasteiger partial charge on any atom is 0.233 e. The Kier molecular flexibility index (Phi) is 5.33. The van der Waals surface area contributed by atoms with Gasteiger partial charge in [0.05, 0.1) is 5.41 Å². The number of amides is 1. The summed E-state index contributed by atoms with van der Waals surface area (Å²) >= 11 is 0. The fraction of sp³-hybridized carbons (Fsp3) is 0.400. The van der Waals surface area contributed by atoms with E-state index in [2.05, 4.69) is 4.72 Å². The molecule has 1 amide bonds. The number of carbonyl (C=O) groups excluding carboxylic acids is 1. The Bertz CT molecular complexity index is 635. The van der Waals surface area contributed by atoms with Gasteiger partial charge in [-0.15, -0.1) is 0 Å². The van der Waals surface area contributed by atoms with Crippen LogP contribution < -0.4 is 10.5 Å². The normalized spacial score (nSPS) is 18.4. The molecule has 1 aromatic rings. The smallest absolute Gasteiger partial charge is 0.233 e. The third-order valence-electron chi connectivity index (χ3n) is 3.82. The van der Waals surface area contributed by atoms with E-state index in [-0.39, 0.29) is 6.54 Å². The lowest BCUT2D eigenvalue weighted by atomic mass is 9.80. The van der Waals surface area contributed by atoms with Gasteiger partial charge >= 0.3 is 0 Å². The van der Waals surface area contributed by atoms with E-state index in [0.717, 1.165) is 11.0 Å². The SMILES string of the molecule is NC(=O)C1(CNS(=O)(=O)/C=C/c2ccccc2)CCOCC1. The van der Waals surface area contributed by atoms with Crippen molar-refractivity contribution in [3.63, 3.8) is 0 Å². The number of carbonyl (C=O) groups is 1. The first-order valence-corrected chi connectivity index (χ1v) is 8.59. The van der Waals surface area contributed by atoms with Gasteiger partial charge in [0, 0.05) is 25.2 Å². The van der Waals surface area contributed by atoms with Crippen molar-refractivity contribution in [2.24, 2.45) is 11.1 Å². The van der Waals surface area contributed by atoms with E-state index in [1.807, 2.05) is 18.2 Å². The predicted molar refractivity (Wildman–Crippen MR) is 84.1 cm³/mol. The lowest BCUT2D eigenvalue weighted by Crippen LogP contribution is -2.49. The molecule has 1 heterocycles. The first kappa shape index (κ1) is 16.7. The minimum atomic E-state index is -3.63. The van der Waals surface area contributed by atoms with Crippen LogP contribution in [0.1, 0.15) is 18.4 Å². The second-order valence-corrected chi connectivity index (χ2v) is 6.99. The molecule has 0 saturated carbocycles. The van der Waals surface area contributed by atoms with Crippen LogP contribution in [0.3, 0.4) is 0 Å². The van der Waals surface area contributed by atoms with Gasteiger partial charge in [0.25, 0.3) is 0 Å². The Labute approximate surface area is 130 Å². The molecule has 0 atom stereocenters. The van der Waals surface area contributed by atoms with Gasteiger partial charge in [0.15, 0.2) is 0 Å². The summed E-state index contributed by atoms with van der Waals surface area (Å²) in [6.45, 7) is 0.808. The molecule has 2 rings (SSSR count). The zero-order valence-electron chi connectivity index (χ0n) is 12.2. The summed E-state index contributed by atoms with van der Waals surface area (Å²) in [6, 6.07) is 9.10. The average molecular weight is 324 g/mol. The highest BCUT2D eigenvalue weighted by Crippen LogP contribution is 2.29. The fourth-order valence-electron chi connectivity index (χ4n) is 2.29. The number of nitrogens with one attached hydrogen (secondary N) is 1. The van der Waals surface area contributed by atoms with Crippen LogP contribution in [0.25, 0.3) is 6.08 Å². The van der Waals surface area contributed by atoms with Gasteiger partial charge in [0.1, 0.15) is 0 Å². The van der Waals surface area contributed by atoms with Crippen LogP contribution in [0.5, 0.6) is 0 Å². The standard InChI is InChI=1S/C15H20N2O4S/c16-14(18)15(7-9-21-10-8-15)12-17-22(19,20)11-6-13-4-2-1-3-5-13/h1-6,11,17H,7-10,12H2,(H2,16,18)/b11-6+. The van der Waals surface area contributed by atoms with E-state index in [9.17, 15) is 13.2 Å². The molecule has 120 valence electrons. The molecule has 22 heavy (non-hydrogen) atoms. The maximum absolute atomic E-state index is 12.0. The quantitative estimate of drug-likeness (QED) is 0.811. The summed E-state index contributed by atoms with van der Waals surface area (Å²) in [4.78, 5) is 11.7. The Balaban J connectivity index is 2.02. The molecule has 1 aliphatic rings. The Morgan fingerprint density at radius 3 is 2.50 bits per heavy atom. The van der Waals surface area contributed by atoms with Gasteiger partial charge in [-0.25, -0.2) is 13.1 Å². The number of hydrogen-bond donors (Lipinski definition) is 2. The lowest BCUT2D eigenvalue weighted by molar-refractivity contribution is -0.132.